The van der Waals surface area contributed by atoms with Gasteiger partial charge in [-0.3, -0.25) is 9.48 Å². The van der Waals surface area contributed by atoms with Gasteiger partial charge in [0.1, 0.15) is 5.56 Å². The average molecular weight is 251 g/mol. The van der Waals surface area contributed by atoms with Gasteiger partial charge in [-0.2, -0.15) is 5.10 Å². The number of carbonyl (C=O) groups excluding carboxylic acids is 1. The number of hydrogen-bond acceptors (Lipinski definition) is 3. The smallest absolute Gasteiger partial charge is 0.339 e. The van der Waals surface area contributed by atoms with Gasteiger partial charge in [-0.25, -0.2) is 4.79 Å². The van der Waals surface area contributed by atoms with Gasteiger partial charge in [0.15, 0.2) is 5.69 Å². The van der Waals surface area contributed by atoms with Crippen molar-refractivity contribution in [3.05, 3.63) is 17.5 Å². The van der Waals surface area contributed by atoms with Crippen LogP contribution in [0, 0.1) is 0 Å². The van der Waals surface area contributed by atoms with Crippen LogP contribution in [-0.2, 0) is 7.05 Å². The highest BCUT2D eigenvalue weighted by atomic mass is 16.4. The molecule has 1 fully saturated rings. The van der Waals surface area contributed by atoms with E-state index >= 15 is 0 Å². The number of aromatic nitrogens is 2. The lowest BCUT2D eigenvalue weighted by atomic mass is 10.0. The van der Waals surface area contributed by atoms with Crippen LogP contribution in [0.3, 0.4) is 0 Å². The van der Waals surface area contributed by atoms with Crippen molar-refractivity contribution in [2.24, 2.45) is 7.05 Å². The fourth-order valence-corrected chi connectivity index (χ4v) is 2.34. The summed E-state index contributed by atoms with van der Waals surface area (Å²) in [6.45, 7) is 2.66. The molecule has 98 valence electrons. The predicted octanol–water partition coefficient (Wildman–Crippen LogP) is 1.13. The molecule has 18 heavy (non-hydrogen) atoms. The van der Waals surface area contributed by atoms with Crippen molar-refractivity contribution < 1.29 is 14.7 Å². The molecule has 1 N–H and O–H groups in total. The number of carbonyl (C=O) groups is 2. The summed E-state index contributed by atoms with van der Waals surface area (Å²) in [7, 11) is 1.61. The van der Waals surface area contributed by atoms with E-state index in [1.165, 1.54) is 10.9 Å². The first-order valence-electron chi connectivity index (χ1n) is 6.08. The molecule has 0 aromatic carbocycles. The molecule has 0 spiro atoms. The number of aromatic carboxylic acids is 1. The van der Waals surface area contributed by atoms with Gasteiger partial charge in [0.25, 0.3) is 5.91 Å². The Balaban J connectivity index is 2.30. The zero-order valence-electron chi connectivity index (χ0n) is 10.6. The highest BCUT2D eigenvalue weighted by molar-refractivity contribution is 6.03. The monoisotopic (exact) mass is 251 g/mol. The summed E-state index contributed by atoms with van der Waals surface area (Å²) in [4.78, 5) is 25.1. The number of aryl methyl sites for hydroxylation is 1. The van der Waals surface area contributed by atoms with Crippen LogP contribution in [-0.4, -0.2) is 44.3 Å². The lowest BCUT2D eigenvalue weighted by molar-refractivity contribution is 0.0608. The summed E-state index contributed by atoms with van der Waals surface area (Å²) in [6.07, 6.45) is 4.40. The number of carboxylic acids is 1. The molecule has 6 nitrogen and oxygen atoms in total. The van der Waals surface area contributed by atoms with E-state index in [9.17, 15) is 9.59 Å². The Morgan fingerprint density at radius 1 is 1.44 bits per heavy atom. The lowest BCUT2D eigenvalue weighted by Gasteiger charge is -2.32. The number of likely N-dealkylation sites (tertiary alicyclic amines) is 1. The maximum absolute atomic E-state index is 12.3. The quantitative estimate of drug-likeness (QED) is 0.855. The maximum Gasteiger partial charge on any atom is 0.339 e. The summed E-state index contributed by atoms with van der Waals surface area (Å²) in [5, 5.41) is 13.1. The van der Waals surface area contributed by atoms with Gasteiger partial charge < -0.3 is 10.0 Å². The van der Waals surface area contributed by atoms with E-state index in [2.05, 4.69) is 5.10 Å². The summed E-state index contributed by atoms with van der Waals surface area (Å²) in [5.74, 6) is -1.39. The largest absolute Gasteiger partial charge is 0.478 e. The van der Waals surface area contributed by atoms with Crippen LogP contribution in [0.4, 0.5) is 0 Å². The van der Waals surface area contributed by atoms with E-state index in [0.717, 1.165) is 19.3 Å². The molecule has 0 aliphatic carbocycles. The molecule has 2 rings (SSSR count). The Bertz CT molecular complexity index is 481. The number of amides is 1. The van der Waals surface area contributed by atoms with Crippen LogP contribution in [0.5, 0.6) is 0 Å². The summed E-state index contributed by atoms with van der Waals surface area (Å²) in [5.41, 5.74) is 0.0130. The Kier molecular flexibility index (Phi) is 3.36. The first-order chi connectivity index (χ1) is 8.50. The highest BCUT2D eigenvalue weighted by Gasteiger charge is 2.29. The van der Waals surface area contributed by atoms with E-state index in [4.69, 9.17) is 5.11 Å². The lowest BCUT2D eigenvalue weighted by Crippen LogP contribution is -2.42. The van der Waals surface area contributed by atoms with E-state index in [1.807, 2.05) is 6.92 Å². The number of rotatable bonds is 2. The molecule has 1 aliphatic heterocycles. The van der Waals surface area contributed by atoms with Crippen LogP contribution in [0.1, 0.15) is 47.0 Å². The van der Waals surface area contributed by atoms with E-state index in [0.29, 0.717) is 6.54 Å². The Morgan fingerprint density at radius 2 is 2.17 bits per heavy atom. The number of hydrogen-bond donors (Lipinski definition) is 1. The zero-order chi connectivity index (χ0) is 13.3. The second kappa shape index (κ2) is 4.80. The first kappa shape index (κ1) is 12.6. The normalized spacial score (nSPS) is 19.9. The predicted molar refractivity (Wildman–Crippen MR) is 64.5 cm³/mol. The Labute approximate surface area is 105 Å². The molecule has 1 saturated heterocycles. The van der Waals surface area contributed by atoms with Crippen LogP contribution in [0.2, 0.25) is 0 Å². The molecule has 0 unspecified atom stereocenters. The number of piperidine rings is 1. The Hall–Kier alpha value is -1.85. The zero-order valence-corrected chi connectivity index (χ0v) is 10.6. The molecular weight excluding hydrogens is 234 g/mol. The molecule has 6 heteroatoms. The molecule has 1 amide bonds. The van der Waals surface area contributed by atoms with Crippen LogP contribution >= 0.6 is 0 Å². The van der Waals surface area contributed by atoms with Gasteiger partial charge in [-0.15, -0.1) is 0 Å². The van der Waals surface area contributed by atoms with Crippen LogP contribution < -0.4 is 0 Å². The highest BCUT2D eigenvalue weighted by Crippen LogP contribution is 2.20. The fourth-order valence-electron chi connectivity index (χ4n) is 2.34. The minimum absolute atomic E-state index is 0.0275. The summed E-state index contributed by atoms with van der Waals surface area (Å²) < 4.78 is 1.37. The molecule has 0 saturated carbocycles. The second-order valence-corrected chi connectivity index (χ2v) is 4.71. The molecule has 1 aromatic heterocycles. The molecular formula is C12H17N3O3. The minimum Gasteiger partial charge on any atom is -0.478 e. The summed E-state index contributed by atoms with van der Waals surface area (Å²) in [6, 6.07) is 0.148. The van der Waals surface area contributed by atoms with Gasteiger partial charge in [0.05, 0.1) is 0 Å². The van der Waals surface area contributed by atoms with Crippen molar-refractivity contribution in [1.82, 2.24) is 14.7 Å². The van der Waals surface area contributed by atoms with Gasteiger partial charge >= 0.3 is 5.97 Å². The topological polar surface area (TPSA) is 75.4 Å². The summed E-state index contributed by atoms with van der Waals surface area (Å²) >= 11 is 0. The Morgan fingerprint density at radius 3 is 2.78 bits per heavy atom. The molecule has 1 atom stereocenters. The van der Waals surface area contributed by atoms with Crippen molar-refractivity contribution in [3.8, 4) is 0 Å². The van der Waals surface area contributed by atoms with Gasteiger partial charge in [-0.05, 0) is 26.2 Å². The van der Waals surface area contributed by atoms with E-state index in [-0.39, 0.29) is 23.2 Å². The van der Waals surface area contributed by atoms with Gasteiger partial charge in [-0.1, -0.05) is 0 Å². The molecule has 0 radical (unpaired) electrons. The first-order valence-corrected chi connectivity index (χ1v) is 6.08. The second-order valence-electron chi connectivity index (χ2n) is 4.71. The average Bonchev–Trinajstić information content (AvgIpc) is 2.71. The van der Waals surface area contributed by atoms with E-state index in [1.54, 1.807) is 11.9 Å². The molecule has 1 aliphatic rings. The van der Waals surface area contributed by atoms with Crippen molar-refractivity contribution in [2.75, 3.05) is 6.54 Å². The fraction of sp³-hybridized carbons (Fsp3) is 0.583. The standard InChI is InChI=1S/C12H17N3O3/c1-8-5-3-4-6-15(8)11(16)10-9(12(17)18)7-14(2)13-10/h7-8H,3-6H2,1-2H3,(H,17,18)/t8-/m0/s1. The van der Waals surface area contributed by atoms with E-state index < -0.39 is 5.97 Å². The molecule has 2 heterocycles. The van der Waals surface area contributed by atoms with Gasteiger partial charge in [0.2, 0.25) is 0 Å². The van der Waals surface area contributed by atoms with Crippen LogP contribution in [0.25, 0.3) is 0 Å². The van der Waals surface area contributed by atoms with Crippen molar-refractivity contribution in [2.45, 2.75) is 32.2 Å². The van der Waals surface area contributed by atoms with Crippen LogP contribution in [0.15, 0.2) is 6.20 Å². The number of nitrogens with zero attached hydrogens (tertiary/aromatic N) is 3. The molecule has 1 aromatic rings. The third kappa shape index (κ3) is 2.23. The van der Waals surface area contributed by atoms with Crippen molar-refractivity contribution in [3.63, 3.8) is 0 Å². The SMILES string of the molecule is C[C@H]1CCCCN1C(=O)c1nn(C)cc1C(=O)O. The maximum atomic E-state index is 12.3. The van der Waals surface area contributed by atoms with Gasteiger partial charge in [0, 0.05) is 25.8 Å². The van der Waals surface area contributed by atoms with Crippen molar-refractivity contribution >= 4 is 11.9 Å². The van der Waals surface area contributed by atoms with Crippen molar-refractivity contribution in [1.29, 1.82) is 0 Å². The molecule has 0 bridgehead atoms. The third-order valence-corrected chi connectivity index (χ3v) is 3.33. The minimum atomic E-state index is -1.11. The third-order valence-electron chi connectivity index (χ3n) is 3.33. The number of carboxylic acid groups (broad SMARTS) is 1.